The second-order valence-corrected chi connectivity index (χ2v) is 21.4. The Morgan fingerprint density at radius 2 is 0.985 bits per heavy atom. The van der Waals surface area contributed by atoms with Crippen molar-refractivity contribution in [1.82, 2.24) is 0 Å². The third-order valence-corrected chi connectivity index (χ3v) is 15.3. The van der Waals surface area contributed by atoms with Crippen LogP contribution < -0.4 is 37.9 Å². The standard InChI is InChI=1S/C55H71O11P/c1-35(28-44(34-67(56,57)58)36(2)63-45-16-20-51-40(29-45)12-8-24-59-51)49(37(3)64-46-17-21-52-41(30-46)13-9-25-60-52)33-50(38(4)65-47-18-22-53-42(31-47)14-10-26-61-53)55(6,7)39(5)66-48-19-23-54-43(32-48)15-11-27-62-54/h16-23,28-32,35-39,49-50H,8-15,24-27,33-34H2,1-7H3,(H2,56,57,58). The van der Waals surface area contributed by atoms with Gasteiger partial charge < -0.3 is 47.7 Å². The van der Waals surface area contributed by atoms with Crippen molar-refractivity contribution in [2.24, 2.45) is 23.2 Å². The highest BCUT2D eigenvalue weighted by Gasteiger charge is 2.44. The molecule has 67 heavy (non-hydrogen) atoms. The van der Waals surface area contributed by atoms with Gasteiger partial charge in [-0.15, -0.1) is 0 Å². The summed E-state index contributed by atoms with van der Waals surface area (Å²) in [5.74, 6) is 6.02. The third kappa shape index (κ3) is 12.3. The molecule has 362 valence electrons. The van der Waals surface area contributed by atoms with E-state index in [2.05, 4.69) is 59.7 Å². The maximum atomic E-state index is 12.9. The largest absolute Gasteiger partial charge is 0.493 e. The van der Waals surface area contributed by atoms with E-state index in [4.69, 9.17) is 37.9 Å². The molecule has 0 aliphatic carbocycles. The molecule has 8 rings (SSSR count). The Morgan fingerprint density at radius 3 is 1.40 bits per heavy atom. The van der Waals surface area contributed by atoms with Gasteiger partial charge >= 0.3 is 7.60 Å². The third-order valence-electron chi connectivity index (χ3n) is 14.6. The molecule has 11 nitrogen and oxygen atoms in total. The Kier molecular flexibility index (Phi) is 15.4. The quantitative estimate of drug-likeness (QED) is 0.0688. The predicted molar refractivity (Wildman–Crippen MR) is 261 cm³/mol. The van der Waals surface area contributed by atoms with Crippen LogP contribution in [0.25, 0.3) is 0 Å². The van der Waals surface area contributed by atoms with Crippen LogP contribution in [0.5, 0.6) is 46.0 Å². The fraction of sp³-hybridized carbons (Fsp3) is 0.527. The van der Waals surface area contributed by atoms with Crippen LogP contribution in [0.4, 0.5) is 0 Å². The Balaban J connectivity index is 1.14. The van der Waals surface area contributed by atoms with Crippen LogP contribution in [-0.2, 0) is 30.2 Å². The van der Waals surface area contributed by atoms with Crippen LogP contribution >= 0.6 is 7.60 Å². The van der Waals surface area contributed by atoms with Crippen molar-refractivity contribution >= 4 is 7.60 Å². The highest BCUT2D eigenvalue weighted by molar-refractivity contribution is 7.52. The van der Waals surface area contributed by atoms with Gasteiger partial charge in [0, 0.05) is 17.3 Å². The summed E-state index contributed by atoms with van der Waals surface area (Å²) in [5, 5.41) is 0. The first kappa shape index (κ1) is 48.6. The van der Waals surface area contributed by atoms with Crippen LogP contribution in [0, 0.1) is 23.2 Å². The molecule has 0 amide bonds. The summed E-state index contributed by atoms with van der Waals surface area (Å²) < 4.78 is 64.0. The topological polar surface area (TPSA) is 131 Å². The lowest BCUT2D eigenvalue weighted by Crippen LogP contribution is -2.47. The number of allylic oxidation sites excluding steroid dienone is 1. The molecule has 4 aromatic carbocycles. The summed E-state index contributed by atoms with van der Waals surface area (Å²) in [7, 11) is -4.51. The monoisotopic (exact) mass is 938 g/mol. The van der Waals surface area contributed by atoms with E-state index in [1.165, 1.54) is 0 Å². The molecule has 2 N–H and O–H groups in total. The molecule has 7 unspecified atom stereocenters. The normalized spacial score (nSPS) is 19.0. The van der Waals surface area contributed by atoms with Crippen LogP contribution in [-0.4, -0.2) is 66.8 Å². The zero-order valence-electron chi connectivity index (χ0n) is 40.5. The Labute approximate surface area is 397 Å². The number of rotatable bonds is 19. The first-order chi connectivity index (χ1) is 32.1. The Morgan fingerprint density at radius 1 is 0.597 bits per heavy atom. The van der Waals surface area contributed by atoms with Gasteiger partial charge in [0.15, 0.2) is 0 Å². The van der Waals surface area contributed by atoms with Gasteiger partial charge in [0.1, 0.15) is 58.2 Å². The van der Waals surface area contributed by atoms with Crippen LogP contribution in [0.1, 0.15) is 103 Å². The molecular formula is C55H71O11P. The van der Waals surface area contributed by atoms with E-state index in [0.717, 1.165) is 120 Å². The second-order valence-electron chi connectivity index (χ2n) is 19.8. The van der Waals surface area contributed by atoms with Gasteiger partial charge in [0.25, 0.3) is 0 Å². The molecule has 4 heterocycles. The van der Waals surface area contributed by atoms with Gasteiger partial charge in [0.2, 0.25) is 0 Å². The molecule has 0 saturated carbocycles. The molecule has 0 aromatic heterocycles. The first-order valence-electron chi connectivity index (χ1n) is 24.5. The van der Waals surface area contributed by atoms with Crippen LogP contribution in [0.15, 0.2) is 84.4 Å². The molecule has 0 bridgehead atoms. The lowest BCUT2D eigenvalue weighted by Gasteiger charge is -2.45. The minimum Gasteiger partial charge on any atom is -0.493 e. The number of hydrogen-bond donors (Lipinski definition) is 2. The van der Waals surface area contributed by atoms with Gasteiger partial charge in [-0.25, -0.2) is 0 Å². The van der Waals surface area contributed by atoms with Crippen molar-refractivity contribution in [3.63, 3.8) is 0 Å². The summed E-state index contributed by atoms with van der Waals surface area (Å²) in [6.45, 7) is 17.7. The predicted octanol–water partition coefficient (Wildman–Crippen LogP) is 11.5. The molecule has 7 atom stereocenters. The fourth-order valence-electron chi connectivity index (χ4n) is 10.4. The maximum Gasteiger partial charge on any atom is 0.329 e. The average Bonchev–Trinajstić information content (AvgIpc) is 3.30. The minimum atomic E-state index is -4.51. The first-order valence-corrected chi connectivity index (χ1v) is 26.3. The van der Waals surface area contributed by atoms with Gasteiger partial charge in [-0.3, -0.25) is 4.57 Å². The minimum absolute atomic E-state index is 0.115. The Bertz CT molecular complexity index is 2410. The summed E-state index contributed by atoms with van der Waals surface area (Å²) in [6.07, 6.45) is 8.17. The van der Waals surface area contributed by atoms with E-state index in [9.17, 15) is 14.4 Å². The summed E-state index contributed by atoms with van der Waals surface area (Å²) in [6, 6.07) is 24.1. The van der Waals surface area contributed by atoms with Crippen molar-refractivity contribution in [3.05, 3.63) is 107 Å². The average molecular weight is 939 g/mol. The van der Waals surface area contributed by atoms with Gasteiger partial charge in [-0.05, 0) is 192 Å². The molecule has 0 radical (unpaired) electrons. The number of ether oxygens (including phenoxy) is 8. The molecule has 4 aromatic rings. The van der Waals surface area contributed by atoms with Crippen LogP contribution in [0.2, 0.25) is 0 Å². The summed E-state index contributed by atoms with van der Waals surface area (Å²) in [4.78, 5) is 21.0. The van der Waals surface area contributed by atoms with Crippen molar-refractivity contribution in [3.8, 4) is 46.0 Å². The van der Waals surface area contributed by atoms with E-state index in [0.29, 0.717) is 37.6 Å². The molecule has 12 heteroatoms. The maximum absolute atomic E-state index is 12.9. The van der Waals surface area contributed by atoms with E-state index in [1.807, 2.05) is 67.6 Å². The zero-order chi connectivity index (χ0) is 47.3. The van der Waals surface area contributed by atoms with Gasteiger partial charge in [-0.1, -0.05) is 26.8 Å². The number of hydrogen-bond acceptors (Lipinski definition) is 9. The van der Waals surface area contributed by atoms with E-state index in [1.54, 1.807) is 0 Å². The van der Waals surface area contributed by atoms with Crippen molar-refractivity contribution in [1.29, 1.82) is 0 Å². The molecule has 4 aliphatic heterocycles. The SMILES string of the molecule is CC(Oc1ccc2c(c1)CCCO2)C(=CC(C)C(CC(C(C)Oc1ccc2c(c1)CCCO2)C(C)(C)C(C)Oc1ccc2c(c1)CCCO2)C(C)Oc1ccc2c(c1)CCCO2)CP(=O)(O)O. The lowest BCUT2D eigenvalue weighted by atomic mass is 9.66. The van der Waals surface area contributed by atoms with Crippen LogP contribution in [0.3, 0.4) is 0 Å². The number of benzene rings is 4. The number of fused-ring (bicyclic) bond motifs is 4. The highest BCUT2D eigenvalue weighted by Crippen LogP contribution is 2.46. The lowest BCUT2D eigenvalue weighted by molar-refractivity contribution is -0.0352. The Hall–Kier alpha value is -4.83. The molecule has 0 saturated heterocycles. The van der Waals surface area contributed by atoms with Crippen molar-refractivity contribution < 1.29 is 52.2 Å². The smallest absolute Gasteiger partial charge is 0.329 e. The van der Waals surface area contributed by atoms with Crippen molar-refractivity contribution in [2.75, 3.05) is 32.6 Å². The van der Waals surface area contributed by atoms with E-state index < -0.39 is 25.3 Å². The molecule has 0 spiro atoms. The zero-order valence-corrected chi connectivity index (χ0v) is 41.4. The number of aryl methyl sites for hydroxylation is 4. The van der Waals surface area contributed by atoms with E-state index >= 15 is 0 Å². The molecule has 4 aliphatic rings. The second kappa shape index (κ2) is 21.2. The molecular weight excluding hydrogens is 868 g/mol. The van der Waals surface area contributed by atoms with Gasteiger partial charge in [0.05, 0.1) is 44.8 Å². The summed E-state index contributed by atoms with van der Waals surface area (Å²) >= 11 is 0. The summed E-state index contributed by atoms with van der Waals surface area (Å²) in [5.41, 5.74) is 4.55. The van der Waals surface area contributed by atoms with Crippen molar-refractivity contribution in [2.45, 2.75) is 131 Å². The van der Waals surface area contributed by atoms with E-state index in [-0.39, 0.29) is 36.1 Å². The fourth-order valence-corrected chi connectivity index (χ4v) is 11.3. The highest BCUT2D eigenvalue weighted by atomic mass is 31.2. The molecule has 0 fully saturated rings. The van der Waals surface area contributed by atoms with Gasteiger partial charge in [-0.2, -0.15) is 0 Å².